The minimum absolute atomic E-state index is 0.291. The zero-order valence-electron chi connectivity index (χ0n) is 14.1. The molecule has 0 radical (unpaired) electrons. The zero-order chi connectivity index (χ0) is 15.0. The normalized spacial score (nSPS) is 31.3. The van der Waals surface area contributed by atoms with E-state index in [2.05, 4.69) is 71.2 Å². The Morgan fingerprint density at radius 1 is 1.05 bits per heavy atom. The highest BCUT2D eigenvalue weighted by atomic mass is 28.3. The van der Waals surface area contributed by atoms with Crippen molar-refractivity contribution in [2.24, 2.45) is 0 Å². The number of rotatable bonds is 2. The van der Waals surface area contributed by atoms with Gasteiger partial charge in [-0.25, -0.2) is 0 Å². The zero-order valence-corrected chi connectivity index (χ0v) is 15.1. The van der Waals surface area contributed by atoms with Crippen LogP contribution in [-0.2, 0) is 0 Å². The molecule has 1 unspecified atom stereocenters. The van der Waals surface area contributed by atoms with Crippen molar-refractivity contribution in [1.29, 1.82) is 0 Å². The summed E-state index contributed by atoms with van der Waals surface area (Å²) in [5.41, 5.74) is 5.27. The predicted molar refractivity (Wildman–Crippen MR) is 93.9 cm³/mol. The molecule has 0 fully saturated rings. The third-order valence-corrected chi connectivity index (χ3v) is 11.3. The molecule has 0 aromatic carbocycles. The minimum Gasteiger partial charge on any atom is -0.0882 e. The van der Waals surface area contributed by atoms with Gasteiger partial charge in [-0.1, -0.05) is 61.5 Å². The lowest BCUT2D eigenvalue weighted by molar-refractivity contribution is 0.819. The Labute approximate surface area is 126 Å². The molecule has 0 nitrogen and oxygen atoms in total. The fourth-order valence-corrected chi connectivity index (χ4v) is 7.40. The maximum atomic E-state index is 2.57. The van der Waals surface area contributed by atoms with Gasteiger partial charge in [-0.3, -0.25) is 0 Å². The molecule has 2 rings (SSSR count). The molecule has 0 heterocycles. The summed E-state index contributed by atoms with van der Waals surface area (Å²) in [6.07, 6.45) is 16.2. The molecule has 110 valence electrons. The molecule has 0 aromatic heterocycles. The van der Waals surface area contributed by atoms with Gasteiger partial charge in [0.15, 0.2) is 0 Å². The number of allylic oxidation sites excluding steroid dienone is 8. The van der Waals surface area contributed by atoms with Gasteiger partial charge in [0.25, 0.3) is 0 Å². The molecule has 2 aliphatic carbocycles. The van der Waals surface area contributed by atoms with Crippen LogP contribution in [0.5, 0.6) is 0 Å². The maximum absolute atomic E-state index is 2.57. The van der Waals surface area contributed by atoms with Crippen LogP contribution in [-0.4, -0.2) is 8.07 Å². The highest BCUT2D eigenvalue weighted by Crippen LogP contribution is 2.57. The van der Waals surface area contributed by atoms with Crippen LogP contribution in [0.1, 0.15) is 47.0 Å². The average Bonchev–Trinajstić information content (AvgIpc) is 2.54. The van der Waals surface area contributed by atoms with Crippen LogP contribution in [0.4, 0.5) is 0 Å². The molecule has 0 bridgehead atoms. The topological polar surface area (TPSA) is 0 Å². The van der Waals surface area contributed by atoms with Gasteiger partial charge in [-0.15, -0.1) is 0 Å². The van der Waals surface area contributed by atoms with E-state index < -0.39 is 8.07 Å². The fraction of sp³-hybridized carbons (Fsp3) is 0.579. The van der Waals surface area contributed by atoms with Crippen LogP contribution in [0.25, 0.3) is 0 Å². The molecule has 0 amide bonds. The van der Waals surface area contributed by atoms with Gasteiger partial charge in [0.2, 0.25) is 0 Å². The van der Waals surface area contributed by atoms with Gasteiger partial charge in [-0.05, 0) is 51.1 Å². The van der Waals surface area contributed by atoms with E-state index in [4.69, 9.17) is 0 Å². The summed E-state index contributed by atoms with van der Waals surface area (Å²) < 4.78 is 0. The van der Waals surface area contributed by atoms with Gasteiger partial charge in [-0.2, -0.15) is 0 Å². The van der Waals surface area contributed by atoms with E-state index in [-0.39, 0.29) is 0 Å². The Morgan fingerprint density at radius 3 is 2.05 bits per heavy atom. The molecule has 2 aliphatic rings. The summed E-state index contributed by atoms with van der Waals surface area (Å²) in [5.74, 6) is 0. The Balaban J connectivity index is 2.42. The third-order valence-electron chi connectivity index (χ3n) is 6.04. The molecule has 0 aromatic rings. The highest BCUT2D eigenvalue weighted by Gasteiger charge is 2.48. The van der Waals surface area contributed by atoms with Crippen molar-refractivity contribution in [3.8, 4) is 0 Å². The Morgan fingerprint density at radius 2 is 1.60 bits per heavy atom. The van der Waals surface area contributed by atoms with Crippen LogP contribution >= 0.6 is 0 Å². The standard InChI is InChI=1S/C19H30Si/c1-15-14-19(4,17(3)16(15)2)20(5,6)18-12-10-8-7-9-11-13-18/h10-14,18H,7-9H2,1-6H3. The molecule has 0 saturated carbocycles. The first-order valence-electron chi connectivity index (χ1n) is 8.02. The lowest BCUT2D eigenvalue weighted by Gasteiger charge is -2.44. The lowest BCUT2D eigenvalue weighted by Crippen LogP contribution is -2.43. The van der Waals surface area contributed by atoms with Crippen molar-refractivity contribution in [3.63, 3.8) is 0 Å². The molecule has 1 heteroatoms. The van der Waals surface area contributed by atoms with Gasteiger partial charge in [0.05, 0.1) is 8.07 Å². The van der Waals surface area contributed by atoms with E-state index in [1.165, 1.54) is 30.4 Å². The largest absolute Gasteiger partial charge is 0.0882 e. The number of hydrogen-bond acceptors (Lipinski definition) is 0. The van der Waals surface area contributed by atoms with Crippen molar-refractivity contribution in [2.45, 2.75) is 70.6 Å². The van der Waals surface area contributed by atoms with Crippen molar-refractivity contribution in [3.05, 3.63) is 47.1 Å². The van der Waals surface area contributed by atoms with E-state index in [0.717, 1.165) is 0 Å². The van der Waals surface area contributed by atoms with Crippen molar-refractivity contribution in [1.82, 2.24) is 0 Å². The predicted octanol–water partition coefficient (Wildman–Crippen LogP) is 6.42. The summed E-state index contributed by atoms with van der Waals surface area (Å²) in [6.45, 7) is 14.5. The molecular weight excluding hydrogens is 256 g/mol. The number of hydrogen-bond donors (Lipinski definition) is 0. The Kier molecular flexibility index (Phi) is 4.29. The lowest BCUT2D eigenvalue weighted by atomic mass is 10.0. The van der Waals surface area contributed by atoms with Crippen molar-refractivity contribution in [2.75, 3.05) is 0 Å². The third kappa shape index (κ3) is 2.41. The quantitative estimate of drug-likeness (QED) is 0.406. The van der Waals surface area contributed by atoms with Gasteiger partial charge in [0.1, 0.15) is 0 Å². The van der Waals surface area contributed by atoms with Crippen LogP contribution < -0.4 is 0 Å². The molecule has 1 atom stereocenters. The monoisotopic (exact) mass is 286 g/mol. The van der Waals surface area contributed by atoms with E-state index in [1.54, 1.807) is 5.57 Å². The molecule has 20 heavy (non-hydrogen) atoms. The van der Waals surface area contributed by atoms with Crippen LogP contribution in [0, 0.1) is 0 Å². The first kappa shape index (κ1) is 15.6. The van der Waals surface area contributed by atoms with Crippen molar-refractivity contribution >= 4 is 8.07 Å². The summed E-state index contributed by atoms with van der Waals surface area (Å²) >= 11 is 0. The summed E-state index contributed by atoms with van der Waals surface area (Å²) in [7, 11) is -1.50. The summed E-state index contributed by atoms with van der Waals surface area (Å²) in [4.78, 5) is 0. The summed E-state index contributed by atoms with van der Waals surface area (Å²) in [5, 5.41) is 0.291. The Hall–Kier alpha value is -0.823. The second kappa shape index (κ2) is 5.52. The van der Waals surface area contributed by atoms with E-state index in [1.807, 2.05) is 0 Å². The van der Waals surface area contributed by atoms with Gasteiger partial charge >= 0.3 is 0 Å². The summed E-state index contributed by atoms with van der Waals surface area (Å²) in [6, 6.07) is 0. The SMILES string of the molecule is CC1=CC(C)([Si](C)(C)C2C=CCCCC=C2)C(C)=C1C. The van der Waals surface area contributed by atoms with E-state index in [0.29, 0.717) is 10.6 Å². The highest BCUT2D eigenvalue weighted by molar-refractivity contribution is 6.83. The minimum atomic E-state index is -1.50. The first-order chi connectivity index (χ1) is 9.30. The van der Waals surface area contributed by atoms with Crippen molar-refractivity contribution < 1.29 is 0 Å². The van der Waals surface area contributed by atoms with Gasteiger partial charge < -0.3 is 0 Å². The Bertz CT molecular complexity index is 488. The molecular formula is C19H30Si. The molecule has 0 aliphatic heterocycles. The fourth-order valence-electron chi connectivity index (χ4n) is 3.73. The average molecular weight is 287 g/mol. The molecule has 0 N–H and O–H groups in total. The van der Waals surface area contributed by atoms with Crippen LogP contribution in [0.3, 0.4) is 0 Å². The smallest absolute Gasteiger partial charge is 0.0737 e. The maximum Gasteiger partial charge on any atom is 0.0737 e. The van der Waals surface area contributed by atoms with E-state index >= 15 is 0 Å². The molecule has 0 saturated heterocycles. The second-order valence-corrected chi connectivity index (χ2v) is 12.5. The van der Waals surface area contributed by atoms with E-state index in [9.17, 15) is 0 Å². The first-order valence-corrected chi connectivity index (χ1v) is 11.1. The molecule has 0 spiro atoms. The van der Waals surface area contributed by atoms with Crippen LogP contribution in [0.15, 0.2) is 47.1 Å². The van der Waals surface area contributed by atoms with Gasteiger partial charge in [0, 0.05) is 5.04 Å². The second-order valence-electron chi connectivity index (χ2n) is 7.31. The van der Waals surface area contributed by atoms with Crippen LogP contribution in [0.2, 0.25) is 23.7 Å².